The first-order valence-electron chi connectivity index (χ1n) is 7.23. The number of halogens is 3. The zero-order valence-electron chi connectivity index (χ0n) is 12.7. The van der Waals surface area contributed by atoms with Crippen LogP contribution in [0.5, 0.6) is 5.75 Å². The van der Waals surface area contributed by atoms with Crippen LogP contribution in [-0.4, -0.2) is 19.2 Å². The Kier molecular flexibility index (Phi) is 4.23. The summed E-state index contributed by atoms with van der Waals surface area (Å²) in [6.07, 6.45) is -4.80. The predicted molar refractivity (Wildman–Crippen MR) is 83.6 cm³/mol. The van der Waals surface area contributed by atoms with Gasteiger partial charge in [-0.1, -0.05) is 19.0 Å². The number of nitrogens with one attached hydrogen (secondary N) is 1. The quantitative estimate of drug-likeness (QED) is 0.877. The van der Waals surface area contributed by atoms with Gasteiger partial charge in [-0.3, -0.25) is 4.79 Å². The molecule has 0 aromatic heterocycles. The molecule has 1 N–H and O–H groups in total. The van der Waals surface area contributed by atoms with Crippen molar-refractivity contribution in [3.63, 3.8) is 0 Å². The number of rotatable bonds is 3. The first kappa shape index (κ1) is 16.4. The average molecular weight is 335 g/mol. The van der Waals surface area contributed by atoms with Gasteiger partial charge < -0.3 is 14.7 Å². The van der Waals surface area contributed by atoms with Crippen LogP contribution in [0.3, 0.4) is 0 Å². The fourth-order valence-corrected chi connectivity index (χ4v) is 2.52. The summed E-state index contributed by atoms with van der Waals surface area (Å²) >= 11 is 0. The minimum absolute atomic E-state index is 0.0552. The molecule has 0 saturated heterocycles. The normalized spacial score (nSPS) is 13.6. The number of carbonyl (C=O) groups is 1. The van der Waals surface area contributed by atoms with Crippen molar-refractivity contribution >= 4 is 24.0 Å². The number of alkyl halides is 3. The molecular weight excluding hydrogens is 322 g/mol. The van der Waals surface area contributed by atoms with Crippen LogP contribution < -0.4 is 15.5 Å². The summed E-state index contributed by atoms with van der Waals surface area (Å²) in [5.41, 5.74) is 2.67. The molecule has 124 valence electrons. The maximum atomic E-state index is 12.3. The van der Waals surface area contributed by atoms with Crippen molar-refractivity contribution in [2.75, 3.05) is 5.32 Å². The highest BCUT2D eigenvalue weighted by atomic mass is 19.4. The van der Waals surface area contributed by atoms with E-state index in [0.717, 1.165) is 23.2 Å². The lowest BCUT2D eigenvalue weighted by molar-refractivity contribution is -0.274. The number of anilines is 1. The van der Waals surface area contributed by atoms with Gasteiger partial charge in [-0.25, -0.2) is 0 Å². The zero-order chi connectivity index (χ0) is 17.3. The summed E-state index contributed by atoms with van der Waals surface area (Å²) in [4.78, 5) is 12.2. The monoisotopic (exact) mass is 335 g/mol. The van der Waals surface area contributed by atoms with Crippen LogP contribution in [0.1, 0.15) is 15.9 Å². The summed E-state index contributed by atoms with van der Waals surface area (Å²) < 4.78 is 46.1. The second-order valence-corrected chi connectivity index (χ2v) is 5.40. The van der Waals surface area contributed by atoms with Gasteiger partial charge in [0.05, 0.1) is 6.61 Å². The number of hydrogen-bond donors (Lipinski definition) is 1. The van der Waals surface area contributed by atoms with Crippen molar-refractivity contribution in [2.45, 2.75) is 19.8 Å². The summed E-state index contributed by atoms with van der Waals surface area (Å²) in [6.45, 7) is 2.39. The highest BCUT2D eigenvalue weighted by Gasteiger charge is 2.31. The fourth-order valence-electron chi connectivity index (χ4n) is 2.52. The molecule has 1 amide bonds. The third-order valence-corrected chi connectivity index (χ3v) is 3.66. The topological polar surface area (TPSA) is 47.6 Å². The van der Waals surface area contributed by atoms with Gasteiger partial charge in [0.25, 0.3) is 5.91 Å². The first-order chi connectivity index (χ1) is 11.3. The molecule has 1 heterocycles. The molecule has 0 saturated carbocycles. The fraction of sp³-hybridized carbons (Fsp3) is 0.188. The molecule has 3 rings (SSSR count). The molecule has 0 fully saturated rings. The van der Waals surface area contributed by atoms with Crippen LogP contribution in [-0.2, 0) is 11.3 Å². The summed E-state index contributed by atoms with van der Waals surface area (Å²) in [6, 6.07) is 10.3. The number of amides is 1. The molecule has 2 aromatic rings. The summed E-state index contributed by atoms with van der Waals surface area (Å²) in [5, 5.41) is 2.67. The number of hydrogen-bond acceptors (Lipinski definition) is 3. The second kappa shape index (κ2) is 6.20. The van der Waals surface area contributed by atoms with Crippen molar-refractivity contribution in [2.24, 2.45) is 0 Å². The van der Waals surface area contributed by atoms with Crippen molar-refractivity contribution in [1.29, 1.82) is 0 Å². The van der Waals surface area contributed by atoms with Crippen LogP contribution in [0.2, 0.25) is 6.82 Å². The highest BCUT2D eigenvalue weighted by molar-refractivity contribution is 6.67. The molecule has 2 aromatic carbocycles. The molecule has 4 nitrogen and oxygen atoms in total. The smallest absolute Gasteiger partial charge is 0.427 e. The van der Waals surface area contributed by atoms with Crippen LogP contribution in [0.25, 0.3) is 0 Å². The SMILES string of the molecule is CB1OCc2ccc(NC(=O)c3cccc(OC(F)(F)F)c3)cc21. The van der Waals surface area contributed by atoms with Crippen molar-refractivity contribution in [3.8, 4) is 5.75 Å². The third kappa shape index (κ3) is 3.71. The number of fused-ring (bicyclic) bond motifs is 1. The lowest BCUT2D eigenvalue weighted by Crippen LogP contribution is -2.25. The molecule has 0 aliphatic carbocycles. The Morgan fingerprint density at radius 3 is 2.79 bits per heavy atom. The summed E-state index contributed by atoms with van der Waals surface area (Å²) in [7, 11) is 0. The van der Waals surface area contributed by atoms with Gasteiger partial charge in [-0.2, -0.15) is 0 Å². The van der Waals surface area contributed by atoms with E-state index in [4.69, 9.17) is 4.65 Å². The maximum Gasteiger partial charge on any atom is 0.573 e. The molecule has 0 radical (unpaired) electrons. The molecule has 1 aliphatic rings. The van der Waals surface area contributed by atoms with E-state index >= 15 is 0 Å². The lowest BCUT2D eigenvalue weighted by atomic mass is 9.64. The molecule has 1 aliphatic heterocycles. The van der Waals surface area contributed by atoms with E-state index in [0.29, 0.717) is 12.3 Å². The Morgan fingerprint density at radius 2 is 2.04 bits per heavy atom. The van der Waals surface area contributed by atoms with Crippen LogP contribution in [0.15, 0.2) is 42.5 Å². The van der Waals surface area contributed by atoms with Crippen molar-refractivity contribution < 1.29 is 27.4 Å². The second-order valence-electron chi connectivity index (χ2n) is 5.40. The molecule has 0 spiro atoms. The Bertz CT molecular complexity index is 779. The van der Waals surface area contributed by atoms with Crippen molar-refractivity contribution in [3.05, 3.63) is 53.6 Å². The van der Waals surface area contributed by atoms with Gasteiger partial charge in [0, 0.05) is 11.3 Å². The van der Waals surface area contributed by atoms with Crippen molar-refractivity contribution in [1.82, 2.24) is 0 Å². The van der Waals surface area contributed by atoms with E-state index in [1.54, 1.807) is 12.1 Å². The molecule has 8 heteroatoms. The van der Waals surface area contributed by atoms with E-state index in [2.05, 4.69) is 10.1 Å². The lowest BCUT2D eigenvalue weighted by Gasteiger charge is -2.11. The third-order valence-electron chi connectivity index (χ3n) is 3.66. The Balaban J connectivity index is 1.76. The predicted octanol–water partition coefficient (Wildman–Crippen LogP) is 3.20. The Labute approximate surface area is 136 Å². The van der Waals surface area contributed by atoms with Crippen LogP contribution >= 0.6 is 0 Å². The average Bonchev–Trinajstić information content (AvgIpc) is 2.87. The molecular formula is C16H13BF3NO3. The minimum atomic E-state index is -4.80. The van der Waals surface area contributed by atoms with Gasteiger partial charge >= 0.3 is 13.3 Å². The Hall–Kier alpha value is -2.48. The zero-order valence-corrected chi connectivity index (χ0v) is 12.7. The van der Waals surface area contributed by atoms with Crippen LogP contribution in [0.4, 0.5) is 18.9 Å². The minimum Gasteiger partial charge on any atom is -0.427 e. The van der Waals surface area contributed by atoms with E-state index in [-0.39, 0.29) is 12.5 Å². The number of carbonyl (C=O) groups excluding carboxylic acids is 1. The van der Waals surface area contributed by atoms with Gasteiger partial charge in [0.2, 0.25) is 0 Å². The highest BCUT2D eigenvalue weighted by Crippen LogP contribution is 2.24. The number of ether oxygens (including phenoxy) is 1. The van der Waals surface area contributed by atoms with E-state index in [1.165, 1.54) is 12.1 Å². The standard InChI is InChI=1S/C16H13BF3NO3/c1-17-14-8-12(6-5-11(14)9-23-17)21-15(22)10-3-2-4-13(7-10)24-16(18,19)20/h2-8H,9H2,1H3,(H,21,22). The van der Waals surface area contributed by atoms with E-state index in [9.17, 15) is 18.0 Å². The Morgan fingerprint density at radius 1 is 1.25 bits per heavy atom. The largest absolute Gasteiger partial charge is 0.573 e. The molecule has 24 heavy (non-hydrogen) atoms. The van der Waals surface area contributed by atoms with Crippen LogP contribution in [0, 0.1) is 0 Å². The number of benzene rings is 2. The van der Waals surface area contributed by atoms with Gasteiger partial charge in [0.1, 0.15) is 5.75 Å². The molecule has 0 atom stereocenters. The van der Waals surface area contributed by atoms with E-state index < -0.39 is 18.0 Å². The maximum absolute atomic E-state index is 12.3. The molecule has 0 unspecified atom stereocenters. The van der Waals surface area contributed by atoms with Gasteiger partial charge in [-0.05, 0) is 41.4 Å². The first-order valence-corrected chi connectivity index (χ1v) is 7.23. The van der Waals surface area contributed by atoms with Gasteiger partial charge in [0.15, 0.2) is 0 Å². The van der Waals surface area contributed by atoms with Gasteiger partial charge in [-0.15, -0.1) is 13.2 Å². The summed E-state index contributed by atoms with van der Waals surface area (Å²) in [5.74, 6) is -0.958. The molecule has 0 bridgehead atoms. The van der Waals surface area contributed by atoms with E-state index in [1.807, 2.05) is 12.9 Å².